The van der Waals surface area contributed by atoms with Crippen molar-refractivity contribution in [2.75, 3.05) is 25.6 Å². The van der Waals surface area contributed by atoms with Crippen LogP contribution in [-0.2, 0) is 0 Å². The Morgan fingerprint density at radius 3 is 2.62 bits per heavy atom. The SMILES string of the molecule is COc1ccccc1N(C)C(CN)c1ccc(Cl)cc1F. The lowest BCUT2D eigenvalue weighted by molar-refractivity contribution is 0.413. The predicted octanol–water partition coefficient (Wildman–Crippen LogP) is 3.62. The van der Waals surface area contributed by atoms with Crippen molar-refractivity contribution < 1.29 is 9.13 Å². The lowest BCUT2D eigenvalue weighted by Crippen LogP contribution is -2.31. The summed E-state index contributed by atoms with van der Waals surface area (Å²) >= 11 is 5.80. The van der Waals surface area contributed by atoms with E-state index in [1.807, 2.05) is 36.2 Å². The van der Waals surface area contributed by atoms with E-state index in [2.05, 4.69) is 0 Å². The predicted molar refractivity (Wildman–Crippen MR) is 84.6 cm³/mol. The number of hydrogen-bond donors (Lipinski definition) is 1. The van der Waals surface area contributed by atoms with E-state index in [4.69, 9.17) is 22.1 Å². The van der Waals surface area contributed by atoms with Gasteiger partial charge in [-0.2, -0.15) is 0 Å². The number of rotatable bonds is 5. The molecule has 21 heavy (non-hydrogen) atoms. The number of nitrogens with zero attached hydrogens (tertiary/aromatic N) is 1. The molecule has 0 fully saturated rings. The average molecular weight is 309 g/mol. The van der Waals surface area contributed by atoms with Gasteiger partial charge in [0.05, 0.1) is 18.8 Å². The van der Waals surface area contributed by atoms with Gasteiger partial charge in [-0.3, -0.25) is 0 Å². The molecule has 0 radical (unpaired) electrons. The third kappa shape index (κ3) is 3.28. The van der Waals surface area contributed by atoms with Crippen LogP contribution in [0.2, 0.25) is 5.02 Å². The Morgan fingerprint density at radius 2 is 2.00 bits per heavy atom. The van der Waals surface area contributed by atoms with Crippen molar-refractivity contribution in [3.05, 3.63) is 58.9 Å². The summed E-state index contributed by atoms with van der Waals surface area (Å²) in [6, 6.07) is 11.9. The van der Waals surface area contributed by atoms with Crippen LogP contribution in [0.15, 0.2) is 42.5 Å². The Labute approximate surface area is 129 Å². The van der Waals surface area contributed by atoms with Gasteiger partial charge >= 0.3 is 0 Å². The van der Waals surface area contributed by atoms with Crippen molar-refractivity contribution in [2.45, 2.75) is 6.04 Å². The summed E-state index contributed by atoms with van der Waals surface area (Å²) in [6.07, 6.45) is 0. The van der Waals surface area contributed by atoms with Crippen LogP contribution in [0.1, 0.15) is 11.6 Å². The van der Waals surface area contributed by atoms with Gasteiger partial charge in [0, 0.05) is 24.2 Å². The number of halogens is 2. The summed E-state index contributed by atoms with van der Waals surface area (Å²) in [5.41, 5.74) is 7.22. The monoisotopic (exact) mass is 308 g/mol. The lowest BCUT2D eigenvalue weighted by atomic mass is 10.0. The van der Waals surface area contributed by atoms with E-state index < -0.39 is 0 Å². The maximum atomic E-state index is 14.1. The van der Waals surface area contributed by atoms with Crippen molar-refractivity contribution in [3.8, 4) is 5.75 Å². The van der Waals surface area contributed by atoms with Gasteiger partial charge in [-0.15, -0.1) is 0 Å². The highest BCUT2D eigenvalue weighted by molar-refractivity contribution is 6.30. The zero-order chi connectivity index (χ0) is 15.4. The third-order valence-electron chi connectivity index (χ3n) is 3.48. The molecule has 0 aromatic heterocycles. The maximum Gasteiger partial charge on any atom is 0.142 e. The standard InChI is InChI=1S/C16H18ClFN2O/c1-20(14-5-3-4-6-16(14)21-2)15(10-19)12-8-7-11(17)9-13(12)18/h3-9,15H,10,19H2,1-2H3. The fourth-order valence-corrected chi connectivity index (χ4v) is 2.51. The normalized spacial score (nSPS) is 12.0. The molecule has 5 heteroatoms. The van der Waals surface area contributed by atoms with E-state index in [1.54, 1.807) is 19.2 Å². The summed E-state index contributed by atoms with van der Waals surface area (Å²) in [5, 5.41) is 0.368. The van der Waals surface area contributed by atoms with Gasteiger partial charge in [-0.25, -0.2) is 4.39 Å². The van der Waals surface area contributed by atoms with Crippen LogP contribution in [0.5, 0.6) is 5.75 Å². The molecule has 0 aliphatic carbocycles. The van der Waals surface area contributed by atoms with Crippen molar-refractivity contribution in [2.24, 2.45) is 5.73 Å². The number of methoxy groups -OCH3 is 1. The van der Waals surface area contributed by atoms with Crippen LogP contribution in [0.25, 0.3) is 0 Å². The first-order valence-electron chi connectivity index (χ1n) is 6.59. The van der Waals surface area contributed by atoms with Gasteiger partial charge in [0.15, 0.2) is 0 Å². The first kappa shape index (κ1) is 15.6. The highest BCUT2D eigenvalue weighted by Crippen LogP contribution is 2.33. The molecule has 2 aromatic carbocycles. The maximum absolute atomic E-state index is 14.1. The smallest absolute Gasteiger partial charge is 0.142 e. The molecule has 0 heterocycles. The van der Waals surface area contributed by atoms with Gasteiger partial charge in [-0.05, 0) is 24.3 Å². The minimum absolute atomic E-state index is 0.271. The number of anilines is 1. The van der Waals surface area contributed by atoms with Crippen molar-refractivity contribution in [1.29, 1.82) is 0 Å². The molecular formula is C16H18ClFN2O. The van der Waals surface area contributed by atoms with E-state index in [9.17, 15) is 4.39 Å². The zero-order valence-corrected chi connectivity index (χ0v) is 12.8. The molecule has 0 bridgehead atoms. The van der Waals surface area contributed by atoms with Crippen LogP contribution in [0.4, 0.5) is 10.1 Å². The van der Waals surface area contributed by atoms with Crippen LogP contribution in [0, 0.1) is 5.82 Å². The van der Waals surface area contributed by atoms with Gasteiger partial charge < -0.3 is 15.4 Å². The molecule has 0 amide bonds. The molecule has 1 atom stereocenters. The Kier molecular flexibility index (Phi) is 5.04. The Balaban J connectivity index is 2.40. The summed E-state index contributed by atoms with van der Waals surface area (Å²) in [5.74, 6) is 0.354. The van der Waals surface area contributed by atoms with Gasteiger partial charge in [0.1, 0.15) is 11.6 Å². The highest BCUT2D eigenvalue weighted by Gasteiger charge is 2.21. The molecule has 0 spiro atoms. The Bertz CT molecular complexity index is 621. The van der Waals surface area contributed by atoms with Gasteiger partial charge in [-0.1, -0.05) is 29.8 Å². The lowest BCUT2D eigenvalue weighted by Gasteiger charge is -2.30. The van der Waals surface area contributed by atoms with E-state index in [0.717, 1.165) is 5.69 Å². The number of ether oxygens (including phenoxy) is 1. The minimum atomic E-state index is -0.361. The fraction of sp³-hybridized carbons (Fsp3) is 0.250. The molecule has 2 rings (SSSR count). The summed E-state index contributed by atoms with van der Waals surface area (Å²) in [7, 11) is 3.47. The minimum Gasteiger partial charge on any atom is -0.495 e. The number of nitrogens with two attached hydrogens (primary N) is 1. The second kappa shape index (κ2) is 6.78. The Morgan fingerprint density at radius 1 is 1.29 bits per heavy atom. The molecule has 0 aliphatic heterocycles. The average Bonchev–Trinajstić information content (AvgIpc) is 2.49. The molecule has 0 saturated carbocycles. The van der Waals surface area contributed by atoms with E-state index in [1.165, 1.54) is 6.07 Å². The van der Waals surface area contributed by atoms with E-state index in [-0.39, 0.29) is 18.4 Å². The van der Waals surface area contributed by atoms with Crippen LogP contribution >= 0.6 is 11.6 Å². The molecule has 0 saturated heterocycles. The van der Waals surface area contributed by atoms with E-state index >= 15 is 0 Å². The highest BCUT2D eigenvalue weighted by atomic mass is 35.5. The van der Waals surface area contributed by atoms with E-state index in [0.29, 0.717) is 16.3 Å². The van der Waals surface area contributed by atoms with Crippen LogP contribution in [0.3, 0.4) is 0 Å². The summed E-state index contributed by atoms with van der Waals surface area (Å²) < 4.78 is 19.5. The fourth-order valence-electron chi connectivity index (χ4n) is 2.35. The molecule has 2 aromatic rings. The summed E-state index contributed by atoms with van der Waals surface area (Å²) in [6.45, 7) is 0.271. The molecule has 1 unspecified atom stereocenters. The topological polar surface area (TPSA) is 38.5 Å². The Hall–Kier alpha value is -1.78. The first-order chi connectivity index (χ1) is 10.1. The zero-order valence-electron chi connectivity index (χ0n) is 12.0. The third-order valence-corrected chi connectivity index (χ3v) is 3.71. The van der Waals surface area contributed by atoms with Crippen molar-refractivity contribution in [1.82, 2.24) is 0 Å². The molecule has 2 N–H and O–H groups in total. The van der Waals surface area contributed by atoms with Crippen molar-refractivity contribution in [3.63, 3.8) is 0 Å². The van der Waals surface area contributed by atoms with Crippen LogP contribution in [-0.4, -0.2) is 20.7 Å². The number of hydrogen-bond acceptors (Lipinski definition) is 3. The molecule has 3 nitrogen and oxygen atoms in total. The second-order valence-electron chi connectivity index (χ2n) is 4.70. The second-order valence-corrected chi connectivity index (χ2v) is 5.14. The quantitative estimate of drug-likeness (QED) is 0.917. The number of likely N-dealkylation sites (N-methyl/N-ethyl adjacent to an activating group) is 1. The van der Waals surface area contributed by atoms with Gasteiger partial charge in [0.2, 0.25) is 0 Å². The first-order valence-corrected chi connectivity index (χ1v) is 6.97. The number of benzene rings is 2. The molecular weight excluding hydrogens is 291 g/mol. The molecule has 112 valence electrons. The molecule has 0 aliphatic rings. The number of para-hydroxylation sites is 2. The van der Waals surface area contributed by atoms with Crippen molar-refractivity contribution >= 4 is 17.3 Å². The van der Waals surface area contributed by atoms with Gasteiger partial charge in [0.25, 0.3) is 0 Å². The largest absolute Gasteiger partial charge is 0.495 e. The van der Waals surface area contributed by atoms with Crippen LogP contribution < -0.4 is 15.4 Å². The summed E-state index contributed by atoms with van der Waals surface area (Å²) in [4.78, 5) is 1.91.